The van der Waals surface area contributed by atoms with Gasteiger partial charge in [-0.15, -0.1) is 0 Å². The Hall–Kier alpha value is -2.08. The molecule has 1 aliphatic heterocycles. The van der Waals surface area contributed by atoms with Gasteiger partial charge in [-0.25, -0.2) is 0 Å². The van der Waals surface area contributed by atoms with Crippen LogP contribution in [-0.4, -0.2) is 35.5 Å². The number of aromatic hydroxyl groups is 1. The number of amides is 2. The first-order chi connectivity index (χ1) is 9.54. The number of phenolic OH excluding ortho intramolecular Hbond substituents is 1. The zero-order valence-corrected chi connectivity index (χ0v) is 11.1. The Balaban J connectivity index is 1.82. The number of phenols is 1. The van der Waals surface area contributed by atoms with Crippen LogP contribution in [0, 0.1) is 0 Å². The fourth-order valence-corrected chi connectivity index (χ4v) is 2.14. The molecular weight excluding hydrogens is 258 g/mol. The number of nitrogens with one attached hydrogen (secondary N) is 2. The fourth-order valence-electron chi connectivity index (χ4n) is 2.14. The number of benzene rings is 1. The molecule has 6 nitrogen and oxygen atoms in total. The molecule has 20 heavy (non-hydrogen) atoms. The summed E-state index contributed by atoms with van der Waals surface area (Å²) in [6.45, 7) is 0.455. The molecule has 1 heterocycles. The molecule has 2 atom stereocenters. The van der Waals surface area contributed by atoms with Crippen molar-refractivity contribution in [3.63, 3.8) is 0 Å². The standard InChI is InChI=1S/C14H19N3O3/c15-12(7-9-1-4-11(18)5-2-9)14(20)17-10-3-6-13(19)16-8-10/h1-2,4-5,10,12,18H,3,6-8,15H2,(H,16,19)(H,17,20). The Morgan fingerprint density at radius 3 is 2.75 bits per heavy atom. The van der Waals surface area contributed by atoms with Crippen molar-refractivity contribution in [1.29, 1.82) is 0 Å². The zero-order valence-electron chi connectivity index (χ0n) is 11.1. The van der Waals surface area contributed by atoms with Crippen LogP contribution in [0.1, 0.15) is 18.4 Å². The second-order valence-electron chi connectivity index (χ2n) is 5.03. The minimum Gasteiger partial charge on any atom is -0.508 e. The predicted molar refractivity (Wildman–Crippen MR) is 74.0 cm³/mol. The molecule has 1 aromatic rings. The van der Waals surface area contributed by atoms with Crippen molar-refractivity contribution in [2.75, 3.05) is 6.54 Å². The molecule has 0 aliphatic carbocycles. The van der Waals surface area contributed by atoms with Crippen molar-refractivity contribution >= 4 is 11.8 Å². The van der Waals surface area contributed by atoms with Crippen molar-refractivity contribution in [3.05, 3.63) is 29.8 Å². The van der Waals surface area contributed by atoms with Gasteiger partial charge in [0.1, 0.15) is 5.75 Å². The molecule has 1 saturated heterocycles. The first-order valence-corrected chi connectivity index (χ1v) is 6.65. The minimum atomic E-state index is -0.642. The Morgan fingerprint density at radius 2 is 2.15 bits per heavy atom. The lowest BCUT2D eigenvalue weighted by molar-refractivity contribution is -0.126. The molecular formula is C14H19N3O3. The average molecular weight is 277 g/mol. The maximum absolute atomic E-state index is 12.0. The number of carbonyl (C=O) groups excluding carboxylic acids is 2. The third-order valence-electron chi connectivity index (χ3n) is 3.34. The zero-order chi connectivity index (χ0) is 14.5. The molecule has 5 N–H and O–H groups in total. The van der Waals surface area contributed by atoms with Gasteiger partial charge in [0.15, 0.2) is 0 Å². The molecule has 1 fully saturated rings. The molecule has 0 spiro atoms. The Morgan fingerprint density at radius 1 is 1.45 bits per heavy atom. The molecule has 0 aromatic heterocycles. The third kappa shape index (κ3) is 3.96. The smallest absolute Gasteiger partial charge is 0.237 e. The molecule has 2 amide bonds. The first kappa shape index (κ1) is 14.3. The highest BCUT2D eigenvalue weighted by molar-refractivity contribution is 5.83. The van der Waals surface area contributed by atoms with E-state index in [0.717, 1.165) is 5.56 Å². The van der Waals surface area contributed by atoms with Gasteiger partial charge in [0.05, 0.1) is 6.04 Å². The van der Waals surface area contributed by atoms with E-state index in [1.165, 1.54) is 0 Å². The summed E-state index contributed by atoms with van der Waals surface area (Å²) in [5, 5.41) is 14.7. The van der Waals surface area contributed by atoms with Crippen LogP contribution in [0.3, 0.4) is 0 Å². The van der Waals surface area contributed by atoms with Crippen LogP contribution < -0.4 is 16.4 Å². The highest BCUT2D eigenvalue weighted by Gasteiger charge is 2.22. The summed E-state index contributed by atoms with van der Waals surface area (Å²) < 4.78 is 0. The van der Waals surface area contributed by atoms with Crippen LogP contribution in [0.5, 0.6) is 5.75 Å². The maximum atomic E-state index is 12.0. The van der Waals surface area contributed by atoms with E-state index in [1.807, 2.05) is 0 Å². The topological polar surface area (TPSA) is 104 Å². The number of hydrogen-bond acceptors (Lipinski definition) is 4. The van der Waals surface area contributed by atoms with Gasteiger partial charge < -0.3 is 21.5 Å². The van der Waals surface area contributed by atoms with Gasteiger partial charge in [-0.3, -0.25) is 9.59 Å². The lowest BCUT2D eigenvalue weighted by Crippen LogP contribution is -2.52. The second-order valence-corrected chi connectivity index (χ2v) is 5.03. The Bertz CT molecular complexity index is 477. The number of carbonyl (C=O) groups is 2. The van der Waals surface area contributed by atoms with Crippen LogP contribution in [-0.2, 0) is 16.0 Å². The van der Waals surface area contributed by atoms with Crippen LogP contribution in [0.25, 0.3) is 0 Å². The molecule has 2 unspecified atom stereocenters. The maximum Gasteiger partial charge on any atom is 0.237 e. The molecule has 0 bridgehead atoms. The summed E-state index contributed by atoms with van der Waals surface area (Å²) >= 11 is 0. The van der Waals surface area contributed by atoms with Crippen LogP contribution in [0.4, 0.5) is 0 Å². The number of piperidine rings is 1. The summed E-state index contributed by atoms with van der Waals surface area (Å²) in [6.07, 6.45) is 1.48. The molecule has 1 aromatic carbocycles. The highest BCUT2D eigenvalue weighted by Crippen LogP contribution is 2.11. The summed E-state index contributed by atoms with van der Waals surface area (Å²) in [5.74, 6) is -0.0205. The predicted octanol–water partition coefficient (Wildman–Crippen LogP) is -0.343. The minimum absolute atomic E-state index is 0.0175. The molecule has 0 saturated carbocycles. The molecule has 1 aliphatic rings. The van der Waals surface area contributed by atoms with Gasteiger partial charge in [-0.05, 0) is 30.5 Å². The van der Waals surface area contributed by atoms with Crippen LogP contribution in [0.2, 0.25) is 0 Å². The Kier molecular flexibility index (Phi) is 4.57. The first-order valence-electron chi connectivity index (χ1n) is 6.65. The molecule has 6 heteroatoms. The highest BCUT2D eigenvalue weighted by atomic mass is 16.3. The molecule has 2 rings (SSSR count). The van der Waals surface area contributed by atoms with Gasteiger partial charge in [-0.2, -0.15) is 0 Å². The van der Waals surface area contributed by atoms with Gasteiger partial charge in [-0.1, -0.05) is 12.1 Å². The third-order valence-corrected chi connectivity index (χ3v) is 3.34. The van der Waals surface area contributed by atoms with E-state index < -0.39 is 6.04 Å². The summed E-state index contributed by atoms with van der Waals surface area (Å²) in [7, 11) is 0. The van der Waals surface area contributed by atoms with Gasteiger partial charge in [0.2, 0.25) is 11.8 Å². The van der Waals surface area contributed by atoms with E-state index in [1.54, 1.807) is 24.3 Å². The van der Waals surface area contributed by atoms with Crippen LogP contribution in [0.15, 0.2) is 24.3 Å². The van der Waals surface area contributed by atoms with Crippen LogP contribution >= 0.6 is 0 Å². The van der Waals surface area contributed by atoms with Crippen molar-refractivity contribution in [3.8, 4) is 5.75 Å². The van der Waals surface area contributed by atoms with Gasteiger partial charge in [0.25, 0.3) is 0 Å². The average Bonchev–Trinajstić information content (AvgIpc) is 2.44. The molecule has 0 radical (unpaired) electrons. The number of nitrogens with two attached hydrogens (primary N) is 1. The quantitative estimate of drug-likeness (QED) is 0.604. The van der Waals surface area contributed by atoms with Gasteiger partial charge in [0, 0.05) is 19.0 Å². The van der Waals surface area contributed by atoms with E-state index >= 15 is 0 Å². The summed E-state index contributed by atoms with van der Waals surface area (Å²) in [5.41, 5.74) is 6.76. The van der Waals surface area contributed by atoms with E-state index in [-0.39, 0.29) is 23.6 Å². The van der Waals surface area contributed by atoms with Crippen molar-refractivity contribution < 1.29 is 14.7 Å². The largest absolute Gasteiger partial charge is 0.508 e. The Labute approximate surface area is 117 Å². The monoisotopic (exact) mass is 277 g/mol. The summed E-state index contributed by atoms with van der Waals surface area (Å²) in [6, 6.07) is 5.92. The van der Waals surface area contributed by atoms with Crippen molar-refractivity contribution in [1.82, 2.24) is 10.6 Å². The normalized spacial score (nSPS) is 20.1. The van der Waals surface area contributed by atoms with Crippen molar-refractivity contribution in [2.24, 2.45) is 5.73 Å². The van der Waals surface area contributed by atoms with Gasteiger partial charge >= 0.3 is 0 Å². The number of rotatable bonds is 4. The summed E-state index contributed by atoms with van der Waals surface area (Å²) in [4.78, 5) is 23.0. The van der Waals surface area contributed by atoms with Crippen molar-refractivity contribution in [2.45, 2.75) is 31.3 Å². The SMILES string of the molecule is NC(Cc1ccc(O)cc1)C(=O)NC1CCC(=O)NC1. The lowest BCUT2D eigenvalue weighted by atomic mass is 10.0. The molecule has 108 valence electrons. The lowest BCUT2D eigenvalue weighted by Gasteiger charge is -2.25. The van der Waals surface area contributed by atoms with E-state index in [0.29, 0.717) is 25.8 Å². The second kappa shape index (κ2) is 6.38. The van der Waals surface area contributed by atoms with E-state index in [9.17, 15) is 14.7 Å². The van der Waals surface area contributed by atoms with E-state index in [4.69, 9.17) is 5.73 Å². The number of hydrogen-bond donors (Lipinski definition) is 4. The van der Waals surface area contributed by atoms with E-state index in [2.05, 4.69) is 10.6 Å². The fraction of sp³-hybridized carbons (Fsp3) is 0.429.